The van der Waals surface area contributed by atoms with Gasteiger partial charge in [0.25, 0.3) is 0 Å². The molecule has 2 aliphatic heterocycles. The van der Waals surface area contributed by atoms with Crippen LogP contribution in [0.4, 0.5) is 5.95 Å². The summed E-state index contributed by atoms with van der Waals surface area (Å²) >= 11 is 0. The maximum absolute atomic E-state index is 11.9. The van der Waals surface area contributed by atoms with Crippen molar-refractivity contribution in [2.75, 3.05) is 57.8 Å². The number of likely N-dealkylation sites (tertiary alicyclic amines) is 1. The number of nitrogens with two attached hydrogens (primary N) is 1. The summed E-state index contributed by atoms with van der Waals surface area (Å²) in [6.07, 6.45) is 7.84. The average molecular weight is 450 g/mol. The molecule has 0 aliphatic carbocycles. The van der Waals surface area contributed by atoms with Crippen LogP contribution in [0.25, 0.3) is 11.1 Å². The Balaban J connectivity index is 1.36. The first kappa shape index (κ1) is 23.4. The minimum Gasteiger partial charge on any atom is -0.338 e. The van der Waals surface area contributed by atoms with Gasteiger partial charge in [-0.25, -0.2) is 9.97 Å². The fourth-order valence-corrected chi connectivity index (χ4v) is 4.70. The van der Waals surface area contributed by atoms with Crippen LogP contribution < -0.4 is 10.6 Å². The number of rotatable bonds is 7. The highest BCUT2D eigenvalue weighted by molar-refractivity contribution is 5.79. The molecule has 0 saturated carbocycles. The van der Waals surface area contributed by atoms with Crippen LogP contribution in [-0.4, -0.2) is 89.5 Å². The SMILES string of the molecule is C=CN(Cc1cccc(-c2cnc(N3CCN(C4CCN(C)CC4)CC3)nc2)c1)C(=O)CN. The Kier molecular flexibility index (Phi) is 7.69. The number of piperidine rings is 1. The van der Waals surface area contributed by atoms with Gasteiger partial charge in [0.05, 0.1) is 13.1 Å². The highest BCUT2D eigenvalue weighted by Crippen LogP contribution is 2.23. The predicted molar refractivity (Wildman–Crippen MR) is 132 cm³/mol. The fourth-order valence-electron chi connectivity index (χ4n) is 4.70. The second-order valence-corrected chi connectivity index (χ2v) is 8.94. The molecule has 4 rings (SSSR count). The molecule has 2 aromatic rings. The molecule has 176 valence electrons. The number of aromatic nitrogens is 2. The largest absolute Gasteiger partial charge is 0.338 e. The van der Waals surface area contributed by atoms with Gasteiger partial charge >= 0.3 is 0 Å². The highest BCUT2D eigenvalue weighted by Gasteiger charge is 2.27. The Morgan fingerprint density at radius 1 is 1.12 bits per heavy atom. The van der Waals surface area contributed by atoms with E-state index in [0.717, 1.165) is 54.9 Å². The van der Waals surface area contributed by atoms with Gasteiger partial charge in [0, 0.05) is 50.2 Å². The topological polar surface area (TPSA) is 81.8 Å². The van der Waals surface area contributed by atoms with Crippen LogP contribution in [0.5, 0.6) is 0 Å². The highest BCUT2D eigenvalue weighted by atomic mass is 16.2. The lowest BCUT2D eigenvalue weighted by atomic mass is 10.0. The molecule has 8 nitrogen and oxygen atoms in total. The van der Waals surface area contributed by atoms with Crippen LogP contribution in [0.1, 0.15) is 18.4 Å². The lowest BCUT2D eigenvalue weighted by molar-refractivity contribution is -0.127. The second kappa shape index (κ2) is 10.9. The summed E-state index contributed by atoms with van der Waals surface area (Å²) in [6, 6.07) is 8.78. The lowest BCUT2D eigenvalue weighted by Gasteiger charge is -2.42. The molecular formula is C25H35N7O. The zero-order chi connectivity index (χ0) is 23.2. The molecule has 0 spiro atoms. The van der Waals surface area contributed by atoms with Gasteiger partial charge in [-0.1, -0.05) is 24.8 Å². The van der Waals surface area contributed by atoms with Gasteiger partial charge in [-0.2, -0.15) is 0 Å². The van der Waals surface area contributed by atoms with E-state index in [1.165, 1.54) is 37.0 Å². The van der Waals surface area contributed by atoms with Crippen molar-refractivity contribution >= 4 is 11.9 Å². The molecule has 8 heteroatoms. The minimum atomic E-state index is -0.154. The Bertz CT molecular complexity index is 932. The van der Waals surface area contributed by atoms with Gasteiger partial charge in [0.1, 0.15) is 0 Å². The summed E-state index contributed by atoms with van der Waals surface area (Å²) in [4.78, 5) is 30.1. The van der Waals surface area contributed by atoms with Crippen molar-refractivity contribution in [3.63, 3.8) is 0 Å². The van der Waals surface area contributed by atoms with Crippen molar-refractivity contribution < 1.29 is 4.79 Å². The smallest absolute Gasteiger partial charge is 0.240 e. The van der Waals surface area contributed by atoms with E-state index in [-0.39, 0.29) is 12.5 Å². The van der Waals surface area contributed by atoms with E-state index >= 15 is 0 Å². The van der Waals surface area contributed by atoms with Gasteiger partial charge < -0.3 is 20.4 Å². The molecule has 1 amide bonds. The van der Waals surface area contributed by atoms with Crippen molar-refractivity contribution in [2.45, 2.75) is 25.4 Å². The molecule has 2 saturated heterocycles. The Morgan fingerprint density at radius 3 is 2.45 bits per heavy atom. The summed E-state index contributed by atoms with van der Waals surface area (Å²) < 4.78 is 0. The number of nitrogens with zero attached hydrogens (tertiary/aromatic N) is 6. The average Bonchev–Trinajstić information content (AvgIpc) is 2.87. The Labute approximate surface area is 196 Å². The normalized spacial score (nSPS) is 18.3. The van der Waals surface area contributed by atoms with Crippen LogP contribution >= 0.6 is 0 Å². The summed E-state index contributed by atoms with van der Waals surface area (Å²) in [5.41, 5.74) is 8.47. The molecule has 2 aliphatic rings. The summed E-state index contributed by atoms with van der Waals surface area (Å²) in [5.74, 6) is 0.642. The number of amides is 1. The molecule has 2 fully saturated rings. The molecule has 33 heavy (non-hydrogen) atoms. The van der Waals surface area contributed by atoms with Gasteiger partial charge in [0.15, 0.2) is 0 Å². The molecule has 0 unspecified atom stereocenters. The molecule has 0 bridgehead atoms. The summed E-state index contributed by atoms with van der Waals surface area (Å²) in [6.45, 7) is 10.6. The van der Waals surface area contributed by atoms with Crippen LogP contribution in [0, 0.1) is 0 Å². The molecular weight excluding hydrogens is 414 g/mol. The van der Waals surface area contributed by atoms with E-state index in [4.69, 9.17) is 5.73 Å². The van der Waals surface area contributed by atoms with E-state index in [1.807, 2.05) is 30.6 Å². The van der Waals surface area contributed by atoms with E-state index in [9.17, 15) is 4.79 Å². The third-order valence-electron chi connectivity index (χ3n) is 6.77. The fraction of sp³-hybridized carbons (Fsp3) is 0.480. The number of carbonyl (C=O) groups is 1. The van der Waals surface area contributed by atoms with Crippen LogP contribution in [0.3, 0.4) is 0 Å². The number of hydrogen-bond acceptors (Lipinski definition) is 7. The zero-order valence-corrected chi connectivity index (χ0v) is 19.6. The third-order valence-corrected chi connectivity index (χ3v) is 6.77. The molecule has 1 aromatic heterocycles. The van der Waals surface area contributed by atoms with E-state index < -0.39 is 0 Å². The first-order chi connectivity index (χ1) is 16.1. The first-order valence-electron chi connectivity index (χ1n) is 11.8. The Morgan fingerprint density at radius 2 is 1.82 bits per heavy atom. The monoisotopic (exact) mass is 449 g/mol. The van der Waals surface area contributed by atoms with Crippen molar-refractivity contribution in [3.05, 3.63) is 55.0 Å². The quantitative estimate of drug-likeness (QED) is 0.690. The van der Waals surface area contributed by atoms with Gasteiger partial charge in [0.2, 0.25) is 11.9 Å². The standard InChI is InChI=1S/C25H35N7O/c1-3-30(24(33)16-26)19-20-5-4-6-21(15-20)22-17-27-25(28-18-22)32-13-11-31(12-14-32)23-7-9-29(2)10-8-23/h3-6,15,17-18,23H,1,7-14,16,19,26H2,2H3. The number of benzene rings is 1. The second-order valence-electron chi connectivity index (χ2n) is 8.94. The first-order valence-corrected chi connectivity index (χ1v) is 11.8. The molecule has 2 N–H and O–H groups in total. The van der Waals surface area contributed by atoms with E-state index in [1.54, 1.807) is 0 Å². The van der Waals surface area contributed by atoms with E-state index in [0.29, 0.717) is 6.54 Å². The van der Waals surface area contributed by atoms with E-state index in [2.05, 4.69) is 44.4 Å². The van der Waals surface area contributed by atoms with Crippen molar-refractivity contribution in [2.24, 2.45) is 5.73 Å². The summed E-state index contributed by atoms with van der Waals surface area (Å²) in [5, 5.41) is 0. The lowest BCUT2D eigenvalue weighted by Crippen LogP contribution is -2.53. The van der Waals surface area contributed by atoms with Crippen molar-refractivity contribution in [1.82, 2.24) is 24.7 Å². The predicted octanol–water partition coefficient (Wildman–Crippen LogP) is 1.79. The molecule has 0 radical (unpaired) electrons. The van der Waals surface area contributed by atoms with Gasteiger partial charge in [-0.05, 0) is 56.4 Å². The molecule has 0 atom stereocenters. The van der Waals surface area contributed by atoms with Gasteiger partial charge in [-0.15, -0.1) is 0 Å². The number of hydrogen-bond donors (Lipinski definition) is 1. The third kappa shape index (κ3) is 5.76. The number of anilines is 1. The maximum atomic E-state index is 11.9. The Hall–Kier alpha value is -2.81. The maximum Gasteiger partial charge on any atom is 0.240 e. The minimum absolute atomic E-state index is 0.0345. The van der Waals surface area contributed by atoms with Crippen LogP contribution in [0.15, 0.2) is 49.4 Å². The number of carbonyl (C=O) groups excluding carboxylic acids is 1. The molecule has 1 aromatic carbocycles. The van der Waals surface area contributed by atoms with Crippen molar-refractivity contribution in [1.29, 1.82) is 0 Å². The van der Waals surface area contributed by atoms with Gasteiger partial charge in [-0.3, -0.25) is 9.69 Å². The summed E-state index contributed by atoms with van der Waals surface area (Å²) in [7, 11) is 2.21. The zero-order valence-electron chi connectivity index (χ0n) is 19.6. The molecule has 3 heterocycles. The van der Waals surface area contributed by atoms with Crippen LogP contribution in [-0.2, 0) is 11.3 Å². The van der Waals surface area contributed by atoms with Crippen LogP contribution in [0.2, 0.25) is 0 Å². The number of piperazine rings is 1. The van der Waals surface area contributed by atoms with Crippen molar-refractivity contribution in [3.8, 4) is 11.1 Å².